The number of anilines is 2. The highest BCUT2D eigenvalue weighted by molar-refractivity contribution is 6.39. The van der Waals surface area contributed by atoms with Crippen molar-refractivity contribution in [3.63, 3.8) is 0 Å². The Bertz CT molecular complexity index is 1350. The van der Waals surface area contributed by atoms with E-state index in [9.17, 15) is 9.59 Å². The quantitative estimate of drug-likeness (QED) is 0.413. The number of benzene rings is 2. The Morgan fingerprint density at radius 2 is 1.97 bits per heavy atom. The minimum Gasteiger partial charge on any atom is -0.478 e. The van der Waals surface area contributed by atoms with Gasteiger partial charge in [-0.1, -0.05) is 35.3 Å². The number of aromatic amines is 1. The number of hydrogen-bond acceptors (Lipinski definition) is 4. The van der Waals surface area contributed by atoms with Crippen molar-refractivity contribution in [3.8, 4) is 0 Å². The van der Waals surface area contributed by atoms with E-state index in [1.54, 1.807) is 48.0 Å². The first-order chi connectivity index (χ1) is 13.8. The molecule has 2 heterocycles. The number of para-hydroxylation sites is 1. The van der Waals surface area contributed by atoms with Gasteiger partial charge in [0.25, 0.3) is 5.56 Å². The fourth-order valence-electron chi connectivity index (χ4n) is 3.17. The van der Waals surface area contributed by atoms with E-state index in [4.69, 9.17) is 28.3 Å². The van der Waals surface area contributed by atoms with Gasteiger partial charge in [0.05, 0.1) is 32.2 Å². The topological polar surface area (TPSA) is 100 Å². The van der Waals surface area contributed by atoms with Crippen molar-refractivity contribution in [2.45, 2.75) is 0 Å². The fourth-order valence-corrected chi connectivity index (χ4v) is 3.66. The first-order valence-corrected chi connectivity index (χ1v) is 9.25. The SMILES string of the molecule is Cn1c(Nc2c(Cl)cccc2Cl)nc2ccc3cc(C=CC(=O)O)[nH]c(=O)c3c21. The molecular formula is C20H14Cl2N4O3. The minimum atomic E-state index is -1.10. The van der Waals surface area contributed by atoms with E-state index in [1.807, 2.05) is 0 Å². The molecule has 9 heteroatoms. The number of rotatable bonds is 4. The number of imidazole rings is 1. The molecule has 4 rings (SSSR count). The van der Waals surface area contributed by atoms with Crippen molar-refractivity contribution in [2.24, 2.45) is 7.05 Å². The number of carbonyl (C=O) groups is 1. The van der Waals surface area contributed by atoms with Gasteiger partial charge in [-0.15, -0.1) is 0 Å². The number of halogens is 2. The van der Waals surface area contributed by atoms with Crippen LogP contribution in [0, 0.1) is 0 Å². The molecule has 7 nitrogen and oxygen atoms in total. The normalized spacial score (nSPS) is 11.6. The molecule has 0 fully saturated rings. The Labute approximate surface area is 174 Å². The van der Waals surface area contributed by atoms with Gasteiger partial charge in [0, 0.05) is 18.8 Å². The van der Waals surface area contributed by atoms with E-state index in [-0.39, 0.29) is 5.56 Å². The van der Waals surface area contributed by atoms with Crippen LogP contribution in [0.25, 0.3) is 27.9 Å². The molecule has 0 atom stereocenters. The fraction of sp³-hybridized carbons (Fsp3) is 0.0500. The first-order valence-electron chi connectivity index (χ1n) is 8.49. The number of nitrogens with zero attached hydrogens (tertiary/aromatic N) is 2. The molecule has 0 radical (unpaired) electrons. The molecule has 4 aromatic rings. The van der Waals surface area contributed by atoms with Gasteiger partial charge in [-0.05, 0) is 35.7 Å². The lowest BCUT2D eigenvalue weighted by atomic mass is 10.1. The molecule has 0 bridgehead atoms. The average Bonchev–Trinajstić information content (AvgIpc) is 2.99. The molecule has 3 N–H and O–H groups in total. The molecular weight excluding hydrogens is 415 g/mol. The lowest BCUT2D eigenvalue weighted by Crippen LogP contribution is -2.09. The zero-order chi connectivity index (χ0) is 20.7. The predicted octanol–water partition coefficient (Wildman–Crippen LogP) is 4.56. The van der Waals surface area contributed by atoms with Crippen LogP contribution in [-0.4, -0.2) is 25.6 Å². The number of H-pyrrole nitrogens is 1. The molecule has 2 aromatic heterocycles. The number of aliphatic carboxylic acids is 1. The summed E-state index contributed by atoms with van der Waals surface area (Å²) in [7, 11) is 1.78. The molecule has 2 aromatic carbocycles. The van der Waals surface area contributed by atoms with E-state index < -0.39 is 5.97 Å². The van der Waals surface area contributed by atoms with Gasteiger partial charge in [0.1, 0.15) is 0 Å². The van der Waals surface area contributed by atoms with Crippen LogP contribution in [0.5, 0.6) is 0 Å². The summed E-state index contributed by atoms with van der Waals surface area (Å²) < 4.78 is 1.75. The molecule has 0 amide bonds. The van der Waals surface area contributed by atoms with Crippen molar-refractivity contribution in [2.75, 3.05) is 5.32 Å². The lowest BCUT2D eigenvalue weighted by molar-refractivity contribution is -0.131. The van der Waals surface area contributed by atoms with Crippen LogP contribution < -0.4 is 10.9 Å². The average molecular weight is 429 g/mol. The smallest absolute Gasteiger partial charge is 0.328 e. The zero-order valence-electron chi connectivity index (χ0n) is 15.0. The van der Waals surface area contributed by atoms with Gasteiger partial charge in [-0.25, -0.2) is 9.78 Å². The Morgan fingerprint density at radius 3 is 2.66 bits per heavy atom. The van der Waals surface area contributed by atoms with Crippen molar-refractivity contribution in [1.82, 2.24) is 14.5 Å². The van der Waals surface area contributed by atoms with Gasteiger partial charge in [-0.2, -0.15) is 0 Å². The Morgan fingerprint density at radius 1 is 1.24 bits per heavy atom. The molecule has 0 aliphatic rings. The maximum atomic E-state index is 12.7. The number of fused-ring (bicyclic) bond motifs is 3. The van der Waals surface area contributed by atoms with Crippen LogP contribution in [0.1, 0.15) is 5.69 Å². The van der Waals surface area contributed by atoms with Crippen LogP contribution in [0.4, 0.5) is 11.6 Å². The number of aromatic nitrogens is 3. The summed E-state index contributed by atoms with van der Waals surface area (Å²) in [4.78, 5) is 30.7. The second-order valence-electron chi connectivity index (χ2n) is 6.34. The van der Waals surface area contributed by atoms with E-state index in [1.165, 1.54) is 6.08 Å². The van der Waals surface area contributed by atoms with Crippen LogP contribution in [-0.2, 0) is 11.8 Å². The zero-order valence-corrected chi connectivity index (χ0v) is 16.5. The third-order valence-electron chi connectivity index (χ3n) is 4.47. The van der Waals surface area contributed by atoms with Crippen LogP contribution in [0.2, 0.25) is 10.0 Å². The standard InChI is InChI=1S/C20H14Cl2N4O3/c1-26-18-14(24-20(26)25-17-12(21)3-2-4-13(17)22)7-5-10-9-11(6-8-15(27)28)23-19(29)16(10)18/h2-9H,1H3,(H,23,29)(H,24,25)(H,27,28). The summed E-state index contributed by atoms with van der Waals surface area (Å²) in [6.07, 6.45) is 2.30. The Kier molecular flexibility index (Phi) is 4.77. The summed E-state index contributed by atoms with van der Waals surface area (Å²) in [6.45, 7) is 0. The summed E-state index contributed by atoms with van der Waals surface area (Å²) in [5, 5.41) is 13.9. The number of pyridine rings is 1. The van der Waals surface area contributed by atoms with Crippen LogP contribution in [0.15, 0.2) is 47.3 Å². The third-order valence-corrected chi connectivity index (χ3v) is 5.10. The maximum absolute atomic E-state index is 12.7. The van der Waals surface area contributed by atoms with Crippen molar-refractivity contribution >= 4 is 68.7 Å². The van der Waals surface area contributed by atoms with Gasteiger partial charge in [0.15, 0.2) is 0 Å². The molecule has 0 spiro atoms. The molecule has 0 aliphatic carbocycles. The molecule has 0 aliphatic heterocycles. The predicted molar refractivity (Wildman–Crippen MR) is 115 cm³/mol. The Hall–Kier alpha value is -3.29. The molecule has 0 unspecified atom stereocenters. The summed E-state index contributed by atoms with van der Waals surface area (Å²) in [6, 6.07) is 10.4. The monoisotopic (exact) mass is 428 g/mol. The molecule has 146 valence electrons. The van der Waals surface area contributed by atoms with Crippen LogP contribution in [0.3, 0.4) is 0 Å². The van der Waals surface area contributed by atoms with Crippen LogP contribution >= 0.6 is 23.2 Å². The van der Waals surface area contributed by atoms with Gasteiger partial charge >= 0.3 is 5.97 Å². The minimum absolute atomic E-state index is 0.344. The van der Waals surface area contributed by atoms with E-state index in [0.717, 1.165) is 6.08 Å². The third kappa shape index (κ3) is 3.46. The second-order valence-corrected chi connectivity index (χ2v) is 7.15. The number of carboxylic acid groups (broad SMARTS) is 1. The number of hydrogen-bond donors (Lipinski definition) is 3. The lowest BCUT2D eigenvalue weighted by Gasteiger charge is -2.10. The van der Waals surface area contributed by atoms with Crippen molar-refractivity contribution < 1.29 is 9.90 Å². The highest BCUT2D eigenvalue weighted by Crippen LogP contribution is 2.34. The molecule has 0 saturated carbocycles. The Balaban J connectivity index is 1.89. The second kappa shape index (κ2) is 7.27. The number of nitrogens with one attached hydrogen (secondary N) is 2. The number of aryl methyl sites for hydroxylation is 1. The summed E-state index contributed by atoms with van der Waals surface area (Å²) in [5.74, 6) is -0.626. The van der Waals surface area contributed by atoms with E-state index in [2.05, 4.69) is 15.3 Å². The maximum Gasteiger partial charge on any atom is 0.328 e. The highest BCUT2D eigenvalue weighted by atomic mass is 35.5. The van der Waals surface area contributed by atoms with Gasteiger partial charge < -0.3 is 20.0 Å². The van der Waals surface area contributed by atoms with Gasteiger partial charge in [-0.3, -0.25) is 4.79 Å². The van der Waals surface area contributed by atoms with Crippen molar-refractivity contribution in [1.29, 1.82) is 0 Å². The largest absolute Gasteiger partial charge is 0.478 e. The van der Waals surface area contributed by atoms with Gasteiger partial charge in [0.2, 0.25) is 5.95 Å². The highest BCUT2D eigenvalue weighted by Gasteiger charge is 2.16. The molecule has 0 saturated heterocycles. The number of carboxylic acids is 1. The van der Waals surface area contributed by atoms with E-state index >= 15 is 0 Å². The van der Waals surface area contributed by atoms with Crippen molar-refractivity contribution in [3.05, 3.63) is 68.6 Å². The summed E-state index contributed by atoms with van der Waals surface area (Å²) in [5.41, 5.74) is 1.82. The summed E-state index contributed by atoms with van der Waals surface area (Å²) >= 11 is 12.5. The first kappa shape index (κ1) is 19.0. The van der Waals surface area contributed by atoms with E-state index in [0.29, 0.717) is 49.2 Å². The molecule has 29 heavy (non-hydrogen) atoms.